The molecular formula is C12H12ClN3O2. The van der Waals surface area contributed by atoms with Crippen LogP contribution < -0.4 is 9.47 Å². The van der Waals surface area contributed by atoms with Crippen LogP contribution in [0.25, 0.3) is 0 Å². The number of para-hydroxylation sites is 1. The Morgan fingerprint density at radius 3 is 2.56 bits per heavy atom. The fourth-order valence-corrected chi connectivity index (χ4v) is 1.47. The smallest absolute Gasteiger partial charge is 0.329 e. The molecule has 2 rings (SSSR count). The summed E-state index contributed by atoms with van der Waals surface area (Å²) in [6, 6.07) is 7.83. The lowest BCUT2D eigenvalue weighted by Gasteiger charge is -2.07. The molecule has 2 aromatic rings. The quantitative estimate of drug-likeness (QED) is 0.850. The first-order valence-corrected chi connectivity index (χ1v) is 5.84. The third kappa shape index (κ3) is 3.07. The van der Waals surface area contributed by atoms with Gasteiger partial charge in [-0.15, -0.1) is 4.98 Å². The molecule has 0 N–H and O–H groups in total. The number of hydrogen-bond donors (Lipinski definition) is 0. The molecule has 0 spiro atoms. The standard InChI is InChI=1S/C12H12ClN3O2/c1-3-17-11-14-10(13)15-12(16-11)18-9-7-5-4-6-8(9)2/h4-7H,3H2,1-2H3. The van der Waals surface area contributed by atoms with Gasteiger partial charge in [-0.3, -0.25) is 0 Å². The van der Waals surface area contributed by atoms with Gasteiger partial charge in [0.15, 0.2) is 0 Å². The first-order chi connectivity index (χ1) is 8.69. The molecule has 0 aliphatic heterocycles. The maximum absolute atomic E-state index is 5.77. The van der Waals surface area contributed by atoms with Crippen LogP contribution in [-0.4, -0.2) is 21.6 Å². The van der Waals surface area contributed by atoms with E-state index in [2.05, 4.69) is 15.0 Å². The highest BCUT2D eigenvalue weighted by Gasteiger charge is 2.08. The molecule has 5 nitrogen and oxygen atoms in total. The SMILES string of the molecule is CCOc1nc(Cl)nc(Oc2ccccc2C)n1. The Morgan fingerprint density at radius 1 is 1.11 bits per heavy atom. The van der Waals surface area contributed by atoms with Crippen LogP contribution in [0.15, 0.2) is 24.3 Å². The number of halogens is 1. The molecule has 0 radical (unpaired) electrons. The Morgan fingerprint density at radius 2 is 1.83 bits per heavy atom. The lowest BCUT2D eigenvalue weighted by molar-refractivity contribution is 0.303. The minimum atomic E-state index is 0.0389. The molecule has 6 heteroatoms. The molecule has 0 bridgehead atoms. The molecule has 0 amide bonds. The molecular weight excluding hydrogens is 254 g/mol. The number of rotatable bonds is 4. The van der Waals surface area contributed by atoms with E-state index in [1.165, 1.54) is 0 Å². The molecule has 0 saturated heterocycles. The van der Waals surface area contributed by atoms with Crippen LogP contribution in [0.1, 0.15) is 12.5 Å². The maximum atomic E-state index is 5.77. The summed E-state index contributed by atoms with van der Waals surface area (Å²) in [6.07, 6.45) is 0. The summed E-state index contributed by atoms with van der Waals surface area (Å²) < 4.78 is 10.7. The van der Waals surface area contributed by atoms with Crippen molar-refractivity contribution < 1.29 is 9.47 Å². The van der Waals surface area contributed by atoms with Crippen LogP contribution in [0.2, 0.25) is 5.28 Å². The van der Waals surface area contributed by atoms with Crippen LogP contribution in [0.4, 0.5) is 0 Å². The number of hydrogen-bond acceptors (Lipinski definition) is 5. The van der Waals surface area contributed by atoms with Crippen molar-refractivity contribution >= 4 is 11.6 Å². The van der Waals surface area contributed by atoms with E-state index in [4.69, 9.17) is 21.1 Å². The molecule has 1 aromatic carbocycles. The van der Waals surface area contributed by atoms with Gasteiger partial charge in [-0.25, -0.2) is 0 Å². The van der Waals surface area contributed by atoms with E-state index >= 15 is 0 Å². The van der Waals surface area contributed by atoms with Crippen LogP contribution in [0.5, 0.6) is 17.8 Å². The van der Waals surface area contributed by atoms with Gasteiger partial charge in [0, 0.05) is 0 Å². The van der Waals surface area contributed by atoms with Gasteiger partial charge in [0.05, 0.1) is 6.61 Å². The van der Waals surface area contributed by atoms with E-state index in [-0.39, 0.29) is 17.3 Å². The fourth-order valence-electron chi connectivity index (χ4n) is 1.32. The highest BCUT2D eigenvalue weighted by atomic mass is 35.5. The molecule has 0 atom stereocenters. The van der Waals surface area contributed by atoms with E-state index in [1.54, 1.807) is 0 Å². The number of aryl methyl sites for hydroxylation is 1. The first-order valence-electron chi connectivity index (χ1n) is 5.47. The molecule has 94 valence electrons. The predicted molar refractivity (Wildman–Crippen MR) is 67.3 cm³/mol. The second kappa shape index (κ2) is 5.64. The van der Waals surface area contributed by atoms with Crippen molar-refractivity contribution in [1.29, 1.82) is 0 Å². The number of aromatic nitrogens is 3. The molecule has 0 aliphatic carbocycles. The van der Waals surface area contributed by atoms with Gasteiger partial charge >= 0.3 is 12.0 Å². The molecule has 1 heterocycles. The lowest BCUT2D eigenvalue weighted by Crippen LogP contribution is -2.01. The Kier molecular flexibility index (Phi) is 3.94. The van der Waals surface area contributed by atoms with Crippen LogP contribution in [0.3, 0.4) is 0 Å². The summed E-state index contributed by atoms with van der Waals surface area (Å²) >= 11 is 5.77. The Bertz CT molecular complexity index is 549. The predicted octanol–water partition coefficient (Wildman–Crippen LogP) is 3.02. The van der Waals surface area contributed by atoms with Gasteiger partial charge in [0.1, 0.15) is 5.75 Å². The van der Waals surface area contributed by atoms with E-state index in [0.29, 0.717) is 12.4 Å². The first kappa shape index (κ1) is 12.6. The Balaban J connectivity index is 2.26. The van der Waals surface area contributed by atoms with Gasteiger partial charge in [-0.2, -0.15) is 9.97 Å². The third-order valence-electron chi connectivity index (χ3n) is 2.14. The number of ether oxygens (including phenoxy) is 2. The van der Waals surface area contributed by atoms with Crippen molar-refractivity contribution in [2.75, 3.05) is 6.61 Å². The largest absolute Gasteiger partial charge is 0.464 e. The van der Waals surface area contributed by atoms with Crippen molar-refractivity contribution in [2.24, 2.45) is 0 Å². The fraction of sp³-hybridized carbons (Fsp3) is 0.250. The molecule has 0 unspecified atom stereocenters. The van der Waals surface area contributed by atoms with E-state index in [1.807, 2.05) is 38.1 Å². The highest BCUT2D eigenvalue weighted by molar-refractivity contribution is 6.28. The second-order valence-corrected chi connectivity index (χ2v) is 3.81. The summed E-state index contributed by atoms with van der Waals surface area (Å²) in [4.78, 5) is 11.7. The topological polar surface area (TPSA) is 57.1 Å². The third-order valence-corrected chi connectivity index (χ3v) is 2.30. The lowest BCUT2D eigenvalue weighted by atomic mass is 10.2. The average Bonchev–Trinajstić information content (AvgIpc) is 2.32. The van der Waals surface area contributed by atoms with Gasteiger partial charge in [-0.1, -0.05) is 18.2 Å². The zero-order valence-corrected chi connectivity index (χ0v) is 10.8. The summed E-state index contributed by atoms with van der Waals surface area (Å²) in [5, 5.41) is 0.0389. The van der Waals surface area contributed by atoms with Crippen LogP contribution in [-0.2, 0) is 0 Å². The monoisotopic (exact) mass is 265 g/mol. The van der Waals surface area contributed by atoms with Crippen molar-refractivity contribution in [2.45, 2.75) is 13.8 Å². The van der Waals surface area contributed by atoms with Crippen molar-refractivity contribution in [3.05, 3.63) is 35.1 Å². The van der Waals surface area contributed by atoms with Crippen molar-refractivity contribution in [3.63, 3.8) is 0 Å². The van der Waals surface area contributed by atoms with Gasteiger partial charge in [-0.05, 0) is 37.1 Å². The van der Waals surface area contributed by atoms with Gasteiger partial charge in [0.2, 0.25) is 5.28 Å². The normalized spacial score (nSPS) is 10.2. The number of benzene rings is 1. The minimum absolute atomic E-state index is 0.0389. The van der Waals surface area contributed by atoms with Gasteiger partial charge in [0.25, 0.3) is 0 Å². The van der Waals surface area contributed by atoms with Crippen LogP contribution >= 0.6 is 11.6 Å². The minimum Gasteiger partial charge on any atom is -0.464 e. The molecule has 18 heavy (non-hydrogen) atoms. The Labute approximate surface area is 110 Å². The summed E-state index contributed by atoms with van der Waals surface area (Å²) in [5.74, 6) is 0.669. The van der Waals surface area contributed by atoms with Crippen molar-refractivity contribution in [1.82, 2.24) is 15.0 Å². The zero-order valence-electron chi connectivity index (χ0n) is 10.1. The average molecular weight is 266 g/mol. The molecule has 0 saturated carbocycles. The van der Waals surface area contributed by atoms with E-state index < -0.39 is 0 Å². The zero-order chi connectivity index (χ0) is 13.0. The van der Waals surface area contributed by atoms with Gasteiger partial charge < -0.3 is 9.47 Å². The number of nitrogens with zero attached hydrogens (tertiary/aromatic N) is 3. The Hall–Kier alpha value is -1.88. The van der Waals surface area contributed by atoms with Crippen LogP contribution in [0, 0.1) is 6.92 Å². The highest BCUT2D eigenvalue weighted by Crippen LogP contribution is 2.23. The van der Waals surface area contributed by atoms with Crippen molar-refractivity contribution in [3.8, 4) is 17.8 Å². The van der Waals surface area contributed by atoms with E-state index in [9.17, 15) is 0 Å². The molecule has 1 aromatic heterocycles. The maximum Gasteiger partial charge on any atom is 0.329 e. The van der Waals surface area contributed by atoms with E-state index in [0.717, 1.165) is 5.56 Å². The summed E-state index contributed by atoms with van der Waals surface area (Å²) in [5.41, 5.74) is 0.979. The molecule has 0 fully saturated rings. The summed E-state index contributed by atoms with van der Waals surface area (Å²) in [7, 11) is 0. The molecule has 0 aliphatic rings. The summed E-state index contributed by atoms with van der Waals surface area (Å²) in [6.45, 7) is 4.21. The second-order valence-electron chi connectivity index (χ2n) is 3.47.